The number of hydrogen-bond donors (Lipinski definition) is 2. The second kappa shape index (κ2) is 7.17. The highest BCUT2D eigenvalue weighted by Crippen LogP contribution is 2.24. The molecule has 0 fully saturated rings. The highest BCUT2D eigenvalue weighted by molar-refractivity contribution is 5.84. The molecule has 1 rings (SSSR count). The van der Waals surface area contributed by atoms with Crippen molar-refractivity contribution in [1.29, 1.82) is 0 Å². The highest BCUT2D eigenvalue weighted by atomic mass is 16.1. The van der Waals surface area contributed by atoms with E-state index < -0.39 is 0 Å². The molecular formula is C15H24N2O. The Balaban J connectivity index is 2.96. The first-order chi connectivity index (χ1) is 8.60. The van der Waals surface area contributed by atoms with Gasteiger partial charge in [0.25, 0.3) is 0 Å². The topological polar surface area (TPSA) is 55.1 Å². The Labute approximate surface area is 110 Å². The minimum atomic E-state index is -0.124. The summed E-state index contributed by atoms with van der Waals surface area (Å²) in [6.07, 6.45) is 1.65. The standard InChI is InChI=1S/C15H24N2O/c1-4-9-17-15(18)13(7-8-16)14-10-11(2)5-6-12(14)3/h5-6,10,13H,4,7-9,16H2,1-3H3,(H,17,18). The van der Waals surface area contributed by atoms with Gasteiger partial charge in [-0.1, -0.05) is 30.7 Å². The fourth-order valence-electron chi connectivity index (χ4n) is 2.10. The Morgan fingerprint density at radius 1 is 1.39 bits per heavy atom. The minimum Gasteiger partial charge on any atom is -0.356 e. The lowest BCUT2D eigenvalue weighted by Gasteiger charge is -2.19. The number of benzene rings is 1. The Kier molecular flexibility index (Phi) is 5.86. The van der Waals surface area contributed by atoms with Gasteiger partial charge in [0.2, 0.25) is 5.91 Å². The summed E-state index contributed by atoms with van der Waals surface area (Å²) in [5, 5.41) is 2.97. The lowest BCUT2D eigenvalue weighted by molar-refractivity contribution is -0.122. The number of carbonyl (C=O) groups excluding carboxylic acids is 1. The third-order valence-electron chi connectivity index (χ3n) is 3.13. The number of aryl methyl sites for hydroxylation is 2. The van der Waals surface area contributed by atoms with Gasteiger partial charge in [-0.2, -0.15) is 0 Å². The van der Waals surface area contributed by atoms with E-state index in [4.69, 9.17) is 5.73 Å². The van der Waals surface area contributed by atoms with Crippen LogP contribution in [0.4, 0.5) is 0 Å². The molecule has 3 nitrogen and oxygen atoms in total. The molecule has 0 spiro atoms. The maximum Gasteiger partial charge on any atom is 0.227 e. The fourth-order valence-corrected chi connectivity index (χ4v) is 2.10. The fraction of sp³-hybridized carbons (Fsp3) is 0.533. The van der Waals surface area contributed by atoms with Gasteiger partial charge in [-0.05, 0) is 44.4 Å². The zero-order valence-electron chi connectivity index (χ0n) is 11.6. The van der Waals surface area contributed by atoms with Crippen LogP contribution in [0, 0.1) is 13.8 Å². The van der Waals surface area contributed by atoms with E-state index in [1.165, 1.54) is 5.56 Å². The molecule has 1 amide bonds. The van der Waals surface area contributed by atoms with Gasteiger partial charge in [-0.3, -0.25) is 4.79 Å². The maximum atomic E-state index is 12.2. The van der Waals surface area contributed by atoms with Gasteiger partial charge in [0.1, 0.15) is 0 Å². The van der Waals surface area contributed by atoms with Gasteiger partial charge >= 0.3 is 0 Å². The van der Waals surface area contributed by atoms with Gasteiger partial charge in [0.05, 0.1) is 5.92 Å². The minimum absolute atomic E-state index is 0.0935. The van der Waals surface area contributed by atoms with E-state index in [2.05, 4.69) is 30.4 Å². The summed E-state index contributed by atoms with van der Waals surface area (Å²) >= 11 is 0. The lowest BCUT2D eigenvalue weighted by Crippen LogP contribution is -2.31. The Bertz CT molecular complexity index is 401. The van der Waals surface area contributed by atoms with Crippen molar-refractivity contribution >= 4 is 5.91 Å². The van der Waals surface area contributed by atoms with E-state index in [0.29, 0.717) is 13.0 Å². The van der Waals surface area contributed by atoms with Crippen LogP contribution in [0.25, 0.3) is 0 Å². The highest BCUT2D eigenvalue weighted by Gasteiger charge is 2.21. The van der Waals surface area contributed by atoms with Crippen molar-refractivity contribution in [2.24, 2.45) is 5.73 Å². The number of rotatable bonds is 6. The van der Waals surface area contributed by atoms with Crippen LogP contribution in [0.5, 0.6) is 0 Å². The summed E-state index contributed by atoms with van der Waals surface area (Å²) in [5.41, 5.74) is 9.09. The molecule has 0 radical (unpaired) electrons. The summed E-state index contributed by atoms with van der Waals surface area (Å²) in [5.74, 6) is -0.0301. The van der Waals surface area contributed by atoms with E-state index in [1.54, 1.807) is 0 Å². The van der Waals surface area contributed by atoms with Crippen LogP contribution >= 0.6 is 0 Å². The van der Waals surface area contributed by atoms with E-state index in [-0.39, 0.29) is 11.8 Å². The normalized spacial score (nSPS) is 12.2. The van der Waals surface area contributed by atoms with Crippen LogP contribution in [-0.2, 0) is 4.79 Å². The first kappa shape index (κ1) is 14.7. The predicted octanol–water partition coefficient (Wildman–Crippen LogP) is 2.26. The second-order valence-corrected chi connectivity index (χ2v) is 4.78. The molecule has 1 unspecified atom stereocenters. The molecule has 0 heterocycles. The summed E-state index contributed by atoms with van der Waals surface area (Å²) in [4.78, 5) is 12.2. The van der Waals surface area contributed by atoms with Crippen molar-refractivity contribution in [3.05, 3.63) is 34.9 Å². The number of carbonyl (C=O) groups is 1. The third-order valence-corrected chi connectivity index (χ3v) is 3.13. The largest absolute Gasteiger partial charge is 0.356 e. The molecule has 0 aliphatic carbocycles. The van der Waals surface area contributed by atoms with Crippen LogP contribution in [-0.4, -0.2) is 19.0 Å². The molecule has 1 atom stereocenters. The van der Waals surface area contributed by atoms with Crippen LogP contribution in [0.2, 0.25) is 0 Å². The lowest BCUT2D eigenvalue weighted by atomic mass is 9.90. The molecule has 0 saturated heterocycles. The monoisotopic (exact) mass is 248 g/mol. The van der Waals surface area contributed by atoms with Gasteiger partial charge in [0, 0.05) is 6.54 Å². The second-order valence-electron chi connectivity index (χ2n) is 4.78. The molecule has 3 heteroatoms. The number of nitrogens with two attached hydrogens (primary N) is 1. The van der Waals surface area contributed by atoms with Crippen molar-refractivity contribution < 1.29 is 4.79 Å². The van der Waals surface area contributed by atoms with Crippen molar-refractivity contribution in [2.45, 2.75) is 39.5 Å². The molecule has 100 valence electrons. The van der Waals surface area contributed by atoms with Crippen LogP contribution in [0.3, 0.4) is 0 Å². The average molecular weight is 248 g/mol. The van der Waals surface area contributed by atoms with Gasteiger partial charge in [-0.15, -0.1) is 0 Å². The predicted molar refractivity (Wildman–Crippen MR) is 75.6 cm³/mol. The molecule has 1 aromatic carbocycles. The first-order valence-corrected chi connectivity index (χ1v) is 6.65. The summed E-state index contributed by atoms with van der Waals surface area (Å²) < 4.78 is 0. The molecule has 0 saturated carbocycles. The molecule has 0 aliphatic heterocycles. The summed E-state index contributed by atoms with van der Waals surface area (Å²) in [6, 6.07) is 6.24. The maximum absolute atomic E-state index is 12.2. The molecular weight excluding hydrogens is 224 g/mol. The van der Waals surface area contributed by atoms with E-state index in [1.807, 2.05) is 13.8 Å². The van der Waals surface area contributed by atoms with Crippen molar-refractivity contribution in [3.8, 4) is 0 Å². The SMILES string of the molecule is CCCNC(=O)C(CCN)c1cc(C)ccc1C. The zero-order valence-corrected chi connectivity index (χ0v) is 11.6. The van der Waals surface area contributed by atoms with E-state index >= 15 is 0 Å². The Morgan fingerprint density at radius 3 is 2.72 bits per heavy atom. The van der Waals surface area contributed by atoms with Crippen LogP contribution < -0.4 is 11.1 Å². The smallest absolute Gasteiger partial charge is 0.227 e. The van der Waals surface area contributed by atoms with Gasteiger partial charge < -0.3 is 11.1 Å². The van der Waals surface area contributed by atoms with Crippen molar-refractivity contribution in [1.82, 2.24) is 5.32 Å². The molecule has 0 aliphatic rings. The van der Waals surface area contributed by atoms with Crippen LogP contribution in [0.1, 0.15) is 42.4 Å². The van der Waals surface area contributed by atoms with E-state index in [9.17, 15) is 4.79 Å². The Morgan fingerprint density at radius 2 is 2.11 bits per heavy atom. The summed E-state index contributed by atoms with van der Waals surface area (Å²) in [6.45, 7) is 7.40. The number of nitrogens with one attached hydrogen (secondary N) is 1. The first-order valence-electron chi connectivity index (χ1n) is 6.65. The van der Waals surface area contributed by atoms with Crippen molar-refractivity contribution in [3.63, 3.8) is 0 Å². The quantitative estimate of drug-likeness (QED) is 0.811. The molecule has 1 aromatic rings. The van der Waals surface area contributed by atoms with Gasteiger partial charge in [0.15, 0.2) is 0 Å². The number of hydrogen-bond acceptors (Lipinski definition) is 2. The van der Waals surface area contributed by atoms with Gasteiger partial charge in [-0.25, -0.2) is 0 Å². The zero-order chi connectivity index (χ0) is 13.5. The van der Waals surface area contributed by atoms with Crippen LogP contribution in [0.15, 0.2) is 18.2 Å². The van der Waals surface area contributed by atoms with Crippen molar-refractivity contribution in [2.75, 3.05) is 13.1 Å². The summed E-state index contributed by atoms with van der Waals surface area (Å²) in [7, 11) is 0. The molecule has 0 bridgehead atoms. The molecule has 18 heavy (non-hydrogen) atoms. The third kappa shape index (κ3) is 3.84. The molecule has 0 aromatic heterocycles. The molecule has 3 N–H and O–H groups in total. The number of amides is 1. The van der Waals surface area contributed by atoms with E-state index in [0.717, 1.165) is 24.1 Å². The Hall–Kier alpha value is -1.35. The average Bonchev–Trinajstić information content (AvgIpc) is 2.36.